The Bertz CT molecular complexity index is 632. The van der Waals surface area contributed by atoms with Gasteiger partial charge in [-0.1, -0.05) is 13.8 Å². The van der Waals surface area contributed by atoms with Gasteiger partial charge in [-0.25, -0.2) is 9.78 Å². The van der Waals surface area contributed by atoms with Crippen molar-refractivity contribution in [2.24, 2.45) is 13.0 Å². The second kappa shape index (κ2) is 3.62. The molecule has 0 aliphatic heterocycles. The van der Waals surface area contributed by atoms with Crippen LogP contribution < -0.4 is 11.2 Å². The van der Waals surface area contributed by atoms with Crippen LogP contribution in [0.25, 0.3) is 11.2 Å². The van der Waals surface area contributed by atoms with Crippen LogP contribution in [0.5, 0.6) is 0 Å². The molecule has 0 saturated carbocycles. The van der Waals surface area contributed by atoms with Crippen LogP contribution in [-0.2, 0) is 13.6 Å². The molecule has 2 rings (SSSR count). The van der Waals surface area contributed by atoms with E-state index in [1.165, 1.54) is 6.33 Å². The summed E-state index contributed by atoms with van der Waals surface area (Å²) in [6.07, 6.45) is 1.54. The van der Waals surface area contributed by atoms with Gasteiger partial charge in [0.1, 0.15) is 5.65 Å². The Morgan fingerprint density at radius 3 is 2.75 bits per heavy atom. The SMILES string of the molecule is CC(C)Cn1c(=O)[nH]c(=O)c2ncn(C)c21. The molecule has 0 fully saturated rings. The summed E-state index contributed by atoms with van der Waals surface area (Å²) >= 11 is 0. The maximum Gasteiger partial charge on any atom is 0.330 e. The molecular weight excluding hydrogens is 208 g/mol. The summed E-state index contributed by atoms with van der Waals surface area (Å²) in [5.41, 5.74) is 0.0700. The Labute approximate surface area is 91.5 Å². The number of aromatic nitrogens is 4. The lowest BCUT2D eigenvalue weighted by Gasteiger charge is -2.10. The van der Waals surface area contributed by atoms with Crippen LogP contribution in [0, 0.1) is 5.92 Å². The molecule has 6 nitrogen and oxygen atoms in total. The van der Waals surface area contributed by atoms with Crippen molar-refractivity contribution in [3.63, 3.8) is 0 Å². The van der Waals surface area contributed by atoms with Gasteiger partial charge < -0.3 is 4.57 Å². The van der Waals surface area contributed by atoms with Gasteiger partial charge in [0, 0.05) is 13.6 Å². The van der Waals surface area contributed by atoms with Gasteiger partial charge in [0.15, 0.2) is 5.52 Å². The minimum Gasteiger partial charge on any atom is -0.320 e. The zero-order valence-corrected chi connectivity index (χ0v) is 9.52. The van der Waals surface area contributed by atoms with Crippen LogP contribution in [0.2, 0.25) is 0 Å². The predicted octanol–water partition coefficient (Wildman–Crippen LogP) is 0.0793. The largest absolute Gasteiger partial charge is 0.330 e. The first-order valence-corrected chi connectivity index (χ1v) is 5.15. The number of H-pyrrole nitrogens is 1. The molecule has 6 heteroatoms. The van der Waals surface area contributed by atoms with Crippen molar-refractivity contribution < 1.29 is 0 Å². The van der Waals surface area contributed by atoms with E-state index in [9.17, 15) is 9.59 Å². The van der Waals surface area contributed by atoms with Crippen LogP contribution in [0.3, 0.4) is 0 Å². The molecule has 86 valence electrons. The molecule has 0 aliphatic carbocycles. The van der Waals surface area contributed by atoms with E-state index >= 15 is 0 Å². The van der Waals surface area contributed by atoms with E-state index in [0.717, 1.165) is 0 Å². The lowest BCUT2D eigenvalue weighted by Crippen LogP contribution is -2.32. The van der Waals surface area contributed by atoms with Crippen LogP contribution in [0.15, 0.2) is 15.9 Å². The molecule has 0 radical (unpaired) electrons. The fraction of sp³-hybridized carbons (Fsp3) is 0.500. The fourth-order valence-corrected chi connectivity index (χ4v) is 1.76. The molecule has 2 heterocycles. The van der Waals surface area contributed by atoms with E-state index in [1.807, 2.05) is 13.8 Å². The summed E-state index contributed by atoms with van der Waals surface area (Å²) in [5, 5.41) is 0. The van der Waals surface area contributed by atoms with Gasteiger partial charge in [-0.2, -0.15) is 0 Å². The van der Waals surface area contributed by atoms with E-state index in [4.69, 9.17) is 0 Å². The maximum atomic E-state index is 11.7. The summed E-state index contributed by atoms with van der Waals surface area (Å²) in [6, 6.07) is 0. The van der Waals surface area contributed by atoms with E-state index in [1.54, 1.807) is 16.2 Å². The van der Waals surface area contributed by atoms with E-state index in [2.05, 4.69) is 9.97 Å². The van der Waals surface area contributed by atoms with E-state index in [0.29, 0.717) is 23.6 Å². The van der Waals surface area contributed by atoms with Gasteiger partial charge in [-0.05, 0) is 5.92 Å². The van der Waals surface area contributed by atoms with Crippen molar-refractivity contribution in [2.75, 3.05) is 0 Å². The normalized spacial score (nSPS) is 11.5. The first-order chi connectivity index (χ1) is 7.50. The maximum absolute atomic E-state index is 11.7. The topological polar surface area (TPSA) is 72.7 Å². The second-order valence-corrected chi connectivity index (χ2v) is 4.29. The van der Waals surface area contributed by atoms with Crippen molar-refractivity contribution in [3.8, 4) is 0 Å². The number of fused-ring (bicyclic) bond motifs is 1. The monoisotopic (exact) mass is 222 g/mol. The zero-order valence-electron chi connectivity index (χ0n) is 9.52. The average molecular weight is 222 g/mol. The first-order valence-electron chi connectivity index (χ1n) is 5.15. The molecule has 2 aromatic rings. The third-order valence-corrected chi connectivity index (χ3v) is 2.39. The highest BCUT2D eigenvalue weighted by Crippen LogP contribution is 2.06. The average Bonchev–Trinajstić information content (AvgIpc) is 2.55. The molecule has 0 aliphatic rings. The van der Waals surface area contributed by atoms with Crippen LogP contribution in [0.4, 0.5) is 0 Å². The fourth-order valence-electron chi connectivity index (χ4n) is 1.76. The highest BCUT2D eigenvalue weighted by atomic mass is 16.2. The van der Waals surface area contributed by atoms with Crippen molar-refractivity contribution >= 4 is 11.2 Å². The Hall–Kier alpha value is -1.85. The number of hydrogen-bond donors (Lipinski definition) is 1. The Morgan fingerprint density at radius 1 is 1.44 bits per heavy atom. The molecule has 16 heavy (non-hydrogen) atoms. The van der Waals surface area contributed by atoms with Gasteiger partial charge in [0.2, 0.25) is 0 Å². The number of hydrogen-bond acceptors (Lipinski definition) is 3. The standard InChI is InChI=1S/C10H14N4O2/c1-6(2)4-14-9-7(11-5-13(9)3)8(15)12-10(14)16/h5-6H,4H2,1-3H3,(H,12,15,16). The zero-order chi connectivity index (χ0) is 11.9. The lowest BCUT2D eigenvalue weighted by atomic mass is 10.2. The van der Waals surface area contributed by atoms with Crippen molar-refractivity contribution in [1.82, 2.24) is 19.1 Å². The van der Waals surface area contributed by atoms with Crippen molar-refractivity contribution in [2.45, 2.75) is 20.4 Å². The van der Waals surface area contributed by atoms with Crippen molar-refractivity contribution in [3.05, 3.63) is 27.2 Å². The van der Waals surface area contributed by atoms with E-state index < -0.39 is 5.56 Å². The summed E-state index contributed by atoms with van der Waals surface area (Å²) in [6.45, 7) is 4.59. The van der Waals surface area contributed by atoms with E-state index in [-0.39, 0.29) is 5.69 Å². The second-order valence-electron chi connectivity index (χ2n) is 4.29. The Kier molecular flexibility index (Phi) is 2.41. The number of aryl methyl sites for hydroxylation is 1. The molecule has 0 spiro atoms. The number of aromatic amines is 1. The third kappa shape index (κ3) is 1.56. The number of rotatable bonds is 2. The molecule has 0 aromatic carbocycles. The third-order valence-electron chi connectivity index (χ3n) is 2.39. The van der Waals surface area contributed by atoms with Crippen LogP contribution in [0.1, 0.15) is 13.8 Å². The summed E-state index contributed by atoms with van der Waals surface area (Å²) < 4.78 is 3.24. The van der Waals surface area contributed by atoms with Gasteiger partial charge >= 0.3 is 5.69 Å². The Balaban J connectivity index is 2.85. The molecule has 0 unspecified atom stereocenters. The predicted molar refractivity (Wildman–Crippen MR) is 60.4 cm³/mol. The van der Waals surface area contributed by atoms with Crippen LogP contribution in [-0.4, -0.2) is 19.1 Å². The highest BCUT2D eigenvalue weighted by Gasteiger charge is 2.12. The van der Waals surface area contributed by atoms with Gasteiger partial charge in [-0.3, -0.25) is 14.3 Å². The quantitative estimate of drug-likeness (QED) is 0.782. The smallest absolute Gasteiger partial charge is 0.320 e. The minimum atomic E-state index is -0.430. The summed E-state index contributed by atoms with van der Waals surface area (Å²) in [5.74, 6) is 0.321. The number of imidazole rings is 1. The minimum absolute atomic E-state index is 0.308. The van der Waals surface area contributed by atoms with Gasteiger partial charge in [-0.15, -0.1) is 0 Å². The highest BCUT2D eigenvalue weighted by molar-refractivity contribution is 5.69. The van der Waals surface area contributed by atoms with Gasteiger partial charge in [0.05, 0.1) is 6.33 Å². The molecule has 0 saturated heterocycles. The summed E-state index contributed by atoms with van der Waals surface area (Å²) in [7, 11) is 1.77. The van der Waals surface area contributed by atoms with Crippen LogP contribution >= 0.6 is 0 Å². The molecular formula is C10H14N4O2. The first kappa shape index (κ1) is 10.7. The molecule has 2 aromatic heterocycles. The molecule has 0 bridgehead atoms. The molecule has 0 atom stereocenters. The van der Waals surface area contributed by atoms with Crippen molar-refractivity contribution in [1.29, 1.82) is 0 Å². The lowest BCUT2D eigenvalue weighted by molar-refractivity contribution is 0.509. The number of nitrogens with one attached hydrogen (secondary N) is 1. The number of nitrogens with zero attached hydrogens (tertiary/aromatic N) is 3. The molecule has 1 N–H and O–H groups in total. The molecule has 0 amide bonds. The summed E-state index contributed by atoms with van der Waals surface area (Å²) in [4.78, 5) is 29.5. The van der Waals surface area contributed by atoms with Gasteiger partial charge in [0.25, 0.3) is 5.56 Å². The Morgan fingerprint density at radius 2 is 2.12 bits per heavy atom.